The molecule has 3 N–H and O–H groups in total. The van der Waals surface area contributed by atoms with Crippen molar-refractivity contribution >= 4 is 35.2 Å². The third-order valence-corrected chi connectivity index (χ3v) is 7.34. The minimum absolute atomic E-state index is 0.0437. The molecule has 3 aliphatic heterocycles. The van der Waals surface area contributed by atoms with E-state index >= 15 is 0 Å². The molecule has 0 saturated carbocycles. The SMILES string of the molecule is CC(C)Nc1ccncc1C(=O)NC1CCN(Cc2ccc3c(c2)C(=O)N(C2CCC(=O)NC2=O)C3=O)CC1. The van der Waals surface area contributed by atoms with Gasteiger partial charge in [0.05, 0.1) is 22.4 Å². The normalized spacial score (nSPS) is 20.3. The largest absolute Gasteiger partial charge is 0.382 e. The molecular weight excluding hydrogens is 500 g/mol. The number of hydrogen-bond donors (Lipinski definition) is 3. The van der Waals surface area contributed by atoms with Crippen molar-refractivity contribution < 1.29 is 24.0 Å². The fraction of sp³-hybridized carbons (Fsp3) is 0.429. The van der Waals surface area contributed by atoms with Crippen molar-refractivity contribution in [3.8, 4) is 0 Å². The summed E-state index contributed by atoms with van der Waals surface area (Å²) in [6, 6.07) is 6.25. The first kappa shape index (κ1) is 26.5. The van der Waals surface area contributed by atoms with Gasteiger partial charge in [0.2, 0.25) is 11.8 Å². The number of carbonyl (C=O) groups is 5. The Balaban J connectivity index is 1.18. The summed E-state index contributed by atoms with van der Waals surface area (Å²) in [7, 11) is 0. The maximum Gasteiger partial charge on any atom is 0.262 e. The van der Waals surface area contributed by atoms with Crippen LogP contribution in [0.3, 0.4) is 0 Å². The Kier molecular flexibility index (Phi) is 7.42. The summed E-state index contributed by atoms with van der Waals surface area (Å²) in [5.74, 6) is -2.18. The summed E-state index contributed by atoms with van der Waals surface area (Å²) >= 11 is 0. The molecule has 39 heavy (non-hydrogen) atoms. The lowest BCUT2D eigenvalue weighted by atomic mass is 10.0. The van der Waals surface area contributed by atoms with E-state index in [0.29, 0.717) is 12.1 Å². The molecule has 2 saturated heterocycles. The minimum atomic E-state index is -0.975. The molecule has 11 nitrogen and oxygen atoms in total. The van der Waals surface area contributed by atoms with Gasteiger partial charge >= 0.3 is 0 Å². The van der Waals surface area contributed by atoms with Gasteiger partial charge in [-0.2, -0.15) is 0 Å². The van der Waals surface area contributed by atoms with Crippen LogP contribution in [0.15, 0.2) is 36.7 Å². The number of aromatic nitrogens is 1. The zero-order chi connectivity index (χ0) is 27.7. The lowest BCUT2D eigenvalue weighted by molar-refractivity contribution is -0.136. The Hall–Kier alpha value is -4.12. The number of imide groups is 2. The predicted molar refractivity (Wildman–Crippen MR) is 142 cm³/mol. The predicted octanol–water partition coefficient (Wildman–Crippen LogP) is 1.70. The molecule has 0 bridgehead atoms. The number of benzene rings is 1. The molecule has 4 heterocycles. The van der Waals surface area contributed by atoms with Crippen LogP contribution in [0.5, 0.6) is 0 Å². The van der Waals surface area contributed by atoms with Gasteiger partial charge in [0.25, 0.3) is 17.7 Å². The van der Waals surface area contributed by atoms with Crippen molar-refractivity contribution in [2.24, 2.45) is 0 Å². The summed E-state index contributed by atoms with van der Waals surface area (Å²) in [5.41, 5.74) is 2.73. The van der Waals surface area contributed by atoms with Crippen LogP contribution in [0, 0.1) is 0 Å². The van der Waals surface area contributed by atoms with Gasteiger partial charge in [0.1, 0.15) is 6.04 Å². The molecule has 5 rings (SSSR count). The quantitative estimate of drug-likeness (QED) is 0.458. The second-order valence-electron chi connectivity index (χ2n) is 10.6. The fourth-order valence-electron chi connectivity index (χ4n) is 5.39. The molecule has 2 fully saturated rings. The second kappa shape index (κ2) is 10.9. The number of fused-ring (bicyclic) bond motifs is 1. The lowest BCUT2D eigenvalue weighted by Gasteiger charge is -2.32. The molecule has 1 aromatic carbocycles. The molecule has 1 aromatic heterocycles. The van der Waals surface area contributed by atoms with Crippen LogP contribution >= 0.6 is 0 Å². The molecule has 5 amide bonds. The average Bonchev–Trinajstić information content (AvgIpc) is 3.14. The number of piperidine rings is 2. The Labute approximate surface area is 226 Å². The lowest BCUT2D eigenvalue weighted by Crippen LogP contribution is -2.54. The summed E-state index contributed by atoms with van der Waals surface area (Å²) in [6.07, 6.45) is 5.02. The van der Waals surface area contributed by atoms with E-state index < -0.39 is 29.7 Å². The number of nitrogens with zero attached hydrogens (tertiary/aromatic N) is 3. The molecule has 0 radical (unpaired) electrons. The summed E-state index contributed by atoms with van der Waals surface area (Å²) in [5, 5.41) is 8.63. The van der Waals surface area contributed by atoms with Crippen LogP contribution in [-0.4, -0.2) is 75.5 Å². The van der Waals surface area contributed by atoms with Crippen LogP contribution in [0.1, 0.15) is 76.2 Å². The first-order valence-electron chi connectivity index (χ1n) is 13.3. The first-order valence-corrected chi connectivity index (χ1v) is 13.3. The number of carbonyl (C=O) groups excluding carboxylic acids is 5. The van der Waals surface area contributed by atoms with Crippen LogP contribution in [0.25, 0.3) is 0 Å². The Bertz CT molecular complexity index is 1330. The van der Waals surface area contributed by atoms with Crippen molar-refractivity contribution in [2.75, 3.05) is 18.4 Å². The molecule has 1 atom stereocenters. The number of nitrogens with one attached hydrogen (secondary N) is 3. The van der Waals surface area contributed by atoms with E-state index in [-0.39, 0.29) is 42.0 Å². The van der Waals surface area contributed by atoms with Crippen molar-refractivity contribution in [3.63, 3.8) is 0 Å². The van der Waals surface area contributed by atoms with Gasteiger partial charge in [0, 0.05) is 50.5 Å². The van der Waals surface area contributed by atoms with Crippen LogP contribution in [0.2, 0.25) is 0 Å². The van der Waals surface area contributed by atoms with Gasteiger partial charge in [-0.1, -0.05) is 6.07 Å². The van der Waals surface area contributed by atoms with E-state index in [2.05, 4.69) is 25.8 Å². The maximum atomic E-state index is 13.1. The van der Waals surface area contributed by atoms with Crippen molar-refractivity contribution in [1.29, 1.82) is 0 Å². The molecule has 1 unspecified atom stereocenters. The Morgan fingerprint density at radius 2 is 1.79 bits per heavy atom. The topological polar surface area (TPSA) is 141 Å². The second-order valence-corrected chi connectivity index (χ2v) is 10.6. The zero-order valence-corrected chi connectivity index (χ0v) is 22.0. The first-order chi connectivity index (χ1) is 18.7. The highest BCUT2D eigenvalue weighted by Crippen LogP contribution is 2.29. The number of pyridine rings is 1. The van der Waals surface area contributed by atoms with E-state index in [1.165, 1.54) is 0 Å². The zero-order valence-electron chi connectivity index (χ0n) is 22.0. The fourth-order valence-corrected chi connectivity index (χ4v) is 5.39. The standard InChI is InChI=1S/C28H32N6O5/c1-16(2)30-22-7-10-29-14-21(22)25(36)31-18-8-11-33(12-9-18)15-17-3-4-19-20(13-17)28(39)34(27(19)38)23-5-6-24(35)32-26(23)37/h3-4,7,10,13-14,16,18,23H,5-6,8-9,11-12,15H2,1-2H3,(H,29,30)(H,31,36)(H,32,35,37). The highest BCUT2D eigenvalue weighted by Gasteiger charge is 2.44. The van der Waals surface area contributed by atoms with Gasteiger partial charge in [-0.25, -0.2) is 0 Å². The van der Waals surface area contributed by atoms with Gasteiger partial charge in [-0.15, -0.1) is 0 Å². The van der Waals surface area contributed by atoms with E-state index in [4.69, 9.17) is 0 Å². The molecule has 204 valence electrons. The highest BCUT2D eigenvalue weighted by molar-refractivity contribution is 6.23. The van der Waals surface area contributed by atoms with Gasteiger partial charge in [-0.05, 0) is 56.9 Å². The molecule has 0 aliphatic carbocycles. The molecule has 2 aromatic rings. The Morgan fingerprint density at radius 3 is 2.51 bits per heavy atom. The summed E-state index contributed by atoms with van der Waals surface area (Å²) in [6.45, 7) is 6.16. The van der Waals surface area contributed by atoms with Crippen molar-refractivity contribution in [2.45, 2.75) is 64.2 Å². The number of likely N-dealkylation sites (tertiary alicyclic amines) is 1. The van der Waals surface area contributed by atoms with E-state index in [0.717, 1.165) is 42.1 Å². The number of anilines is 1. The average molecular weight is 533 g/mol. The third kappa shape index (κ3) is 5.53. The number of hydrogen-bond acceptors (Lipinski definition) is 8. The van der Waals surface area contributed by atoms with Crippen molar-refractivity contribution in [3.05, 3.63) is 58.9 Å². The molecule has 0 spiro atoms. The van der Waals surface area contributed by atoms with E-state index in [9.17, 15) is 24.0 Å². The van der Waals surface area contributed by atoms with Crippen LogP contribution < -0.4 is 16.0 Å². The molecular formula is C28H32N6O5. The summed E-state index contributed by atoms with van der Waals surface area (Å²) in [4.78, 5) is 70.0. The van der Waals surface area contributed by atoms with Gasteiger partial charge in [-0.3, -0.25) is 44.1 Å². The van der Waals surface area contributed by atoms with Crippen molar-refractivity contribution in [1.82, 2.24) is 25.4 Å². The number of amides is 5. The van der Waals surface area contributed by atoms with E-state index in [1.807, 2.05) is 19.9 Å². The molecule has 3 aliphatic rings. The highest BCUT2D eigenvalue weighted by atomic mass is 16.2. The molecule has 11 heteroatoms. The summed E-state index contributed by atoms with van der Waals surface area (Å²) < 4.78 is 0. The van der Waals surface area contributed by atoms with E-state index in [1.54, 1.807) is 30.6 Å². The van der Waals surface area contributed by atoms with Crippen LogP contribution in [-0.2, 0) is 16.1 Å². The third-order valence-electron chi connectivity index (χ3n) is 7.34. The smallest absolute Gasteiger partial charge is 0.262 e. The van der Waals surface area contributed by atoms with Crippen LogP contribution in [0.4, 0.5) is 5.69 Å². The number of rotatable bonds is 7. The monoisotopic (exact) mass is 532 g/mol. The Morgan fingerprint density at radius 1 is 1.05 bits per heavy atom. The minimum Gasteiger partial charge on any atom is -0.382 e. The maximum absolute atomic E-state index is 13.1. The van der Waals surface area contributed by atoms with Gasteiger partial charge in [0.15, 0.2) is 0 Å². The van der Waals surface area contributed by atoms with Gasteiger partial charge < -0.3 is 10.6 Å².